The van der Waals surface area contributed by atoms with E-state index in [1.807, 2.05) is 6.07 Å². The quantitative estimate of drug-likeness (QED) is 0.759. The van der Waals surface area contributed by atoms with Gasteiger partial charge >= 0.3 is 0 Å². The predicted molar refractivity (Wildman–Crippen MR) is 97.0 cm³/mol. The number of nitrogens with one attached hydrogen (secondary N) is 1. The van der Waals surface area contributed by atoms with Gasteiger partial charge in [0.1, 0.15) is 6.07 Å². The Hall–Kier alpha value is -1.37. The van der Waals surface area contributed by atoms with Crippen LogP contribution in [0, 0.1) is 17.2 Å². The number of carbonyl (C=O) groups excluding carboxylic acids is 1. The van der Waals surface area contributed by atoms with Crippen LogP contribution in [-0.4, -0.2) is 44.8 Å². The van der Waals surface area contributed by atoms with Crippen LogP contribution in [0.4, 0.5) is 0 Å². The second-order valence-electron chi connectivity index (χ2n) is 5.54. The van der Waals surface area contributed by atoms with Crippen molar-refractivity contribution in [3.63, 3.8) is 0 Å². The largest absolute Gasteiger partial charge is 0.355 e. The molecule has 1 unspecified atom stereocenters. The third kappa shape index (κ3) is 5.06. The van der Waals surface area contributed by atoms with Crippen LogP contribution in [0.25, 0.3) is 0 Å². The first kappa shape index (κ1) is 21.7. The summed E-state index contributed by atoms with van der Waals surface area (Å²) in [6.45, 7) is 1.16. The number of nitrogens with two attached hydrogens (primary N) is 1. The van der Waals surface area contributed by atoms with Gasteiger partial charge in [0.2, 0.25) is 15.9 Å². The van der Waals surface area contributed by atoms with E-state index in [9.17, 15) is 13.2 Å². The van der Waals surface area contributed by atoms with Gasteiger partial charge in [-0.05, 0) is 31.0 Å². The van der Waals surface area contributed by atoms with Gasteiger partial charge in [0.05, 0.1) is 21.4 Å². The number of halogens is 2. The van der Waals surface area contributed by atoms with E-state index in [0.717, 1.165) is 0 Å². The summed E-state index contributed by atoms with van der Waals surface area (Å²) in [6, 6.07) is 5.89. The number of hydrogen-bond donors (Lipinski definition) is 2. The number of rotatable bonds is 5. The lowest BCUT2D eigenvalue weighted by Crippen LogP contribution is -2.46. The molecule has 0 saturated carbocycles. The molecule has 3 N–H and O–H groups in total. The van der Waals surface area contributed by atoms with Crippen molar-refractivity contribution in [3.8, 4) is 6.07 Å². The van der Waals surface area contributed by atoms with E-state index in [1.165, 1.54) is 22.5 Å². The van der Waals surface area contributed by atoms with Gasteiger partial charge < -0.3 is 11.1 Å². The molecule has 2 rings (SSSR count). The van der Waals surface area contributed by atoms with Crippen LogP contribution >= 0.6 is 24.0 Å². The van der Waals surface area contributed by atoms with E-state index in [0.29, 0.717) is 32.5 Å². The molecule has 25 heavy (non-hydrogen) atoms. The Morgan fingerprint density at radius 3 is 2.84 bits per heavy atom. The van der Waals surface area contributed by atoms with Crippen molar-refractivity contribution >= 4 is 39.9 Å². The van der Waals surface area contributed by atoms with Gasteiger partial charge in [-0.3, -0.25) is 4.79 Å². The average molecular weight is 407 g/mol. The Labute approximate surface area is 158 Å². The fourth-order valence-corrected chi connectivity index (χ4v) is 4.32. The highest BCUT2D eigenvalue weighted by Crippen LogP contribution is 2.26. The molecule has 10 heteroatoms. The van der Waals surface area contributed by atoms with Crippen molar-refractivity contribution in [2.24, 2.45) is 11.7 Å². The summed E-state index contributed by atoms with van der Waals surface area (Å²) in [6.07, 6.45) is 1.23. The molecule has 1 aliphatic rings. The van der Waals surface area contributed by atoms with Crippen LogP contribution in [0.1, 0.15) is 18.4 Å². The molecule has 1 heterocycles. The van der Waals surface area contributed by atoms with Crippen molar-refractivity contribution in [1.29, 1.82) is 5.26 Å². The van der Waals surface area contributed by atoms with E-state index in [4.69, 9.17) is 22.6 Å². The number of piperidine rings is 1. The van der Waals surface area contributed by atoms with Crippen LogP contribution in [0.5, 0.6) is 0 Å². The molecular formula is C15H20Cl2N4O3S. The van der Waals surface area contributed by atoms with Crippen LogP contribution < -0.4 is 11.1 Å². The first-order valence-corrected chi connectivity index (χ1v) is 9.39. The lowest BCUT2D eigenvalue weighted by Gasteiger charge is -2.31. The lowest BCUT2D eigenvalue weighted by molar-refractivity contribution is -0.126. The van der Waals surface area contributed by atoms with Gasteiger partial charge in [-0.15, -0.1) is 12.4 Å². The Morgan fingerprint density at radius 1 is 1.48 bits per heavy atom. The highest BCUT2D eigenvalue weighted by molar-refractivity contribution is 7.89. The minimum atomic E-state index is -3.78. The fourth-order valence-electron chi connectivity index (χ4n) is 2.61. The molecule has 1 fully saturated rings. The van der Waals surface area contributed by atoms with Gasteiger partial charge in [-0.2, -0.15) is 9.57 Å². The van der Waals surface area contributed by atoms with Crippen LogP contribution in [0.3, 0.4) is 0 Å². The van der Waals surface area contributed by atoms with Crippen molar-refractivity contribution in [2.45, 2.75) is 17.7 Å². The van der Waals surface area contributed by atoms with Gasteiger partial charge in [0.25, 0.3) is 0 Å². The number of carbonyl (C=O) groups is 1. The summed E-state index contributed by atoms with van der Waals surface area (Å²) < 4.78 is 26.8. The molecule has 0 aromatic heterocycles. The third-order valence-corrected chi connectivity index (χ3v) is 6.09. The zero-order chi connectivity index (χ0) is 17.7. The molecular weight excluding hydrogens is 387 g/mol. The SMILES string of the molecule is Cl.N#Cc1cc(S(=O)(=O)N2CCCC(C(=O)NCCN)C2)ccc1Cl. The second kappa shape index (κ2) is 9.36. The van der Waals surface area contributed by atoms with Gasteiger partial charge in [-0.1, -0.05) is 11.6 Å². The molecule has 7 nitrogen and oxygen atoms in total. The first-order chi connectivity index (χ1) is 11.4. The Balaban J connectivity index is 0.00000312. The molecule has 1 aliphatic heterocycles. The van der Waals surface area contributed by atoms with E-state index >= 15 is 0 Å². The molecule has 0 spiro atoms. The number of amides is 1. The zero-order valence-electron chi connectivity index (χ0n) is 13.4. The maximum absolute atomic E-state index is 12.8. The zero-order valence-corrected chi connectivity index (χ0v) is 15.8. The Morgan fingerprint density at radius 2 is 2.20 bits per heavy atom. The van der Waals surface area contributed by atoms with Crippen LogP contribution in [0.15, 0.2) is 23.1 Å². The molecule has 0 bridgehead atoms. The summed E-state index contributed by atoms with van der Waals surface area (Å²) in [5, 5.41) is 11.9. The van der Waals surface area contributed by atoms with Crippen molar-refractivity contribution in [2.75, 3.05) is 26.2 Å². The van der Waals surface area contributed by atoms with E-state index < -0.39 is 15.9 Å². The van der Waals surface area contributed by atoms with Crippen molar-refractivity contribution < 1.29 is 13.2 Å². The standard InChI is InChI=1S/C15H19ClN4O3S.ClH/c16-14-4-3-13(8-12(14)9-18)24(22,23)20-7-1-2-11(10-20)15(21)19-6-5-17;/h3-4,8,11H,1-2,5-7,10,17H2,(H,19,21);1H. The highest BCUT2D eigenvalue weighted by Gasteiger charge is 2.33. The van der Waals surface area contributed by atoms with Gasteiger partial charge in [0.15, 0.2) is 0 Å². The third-order valence-electron chi connectivity index (χ3n) is 3.89. The average Bonchev–Trinajstić information content (AvgIpc) is 2.60. The number of benzene rings is 1. The lowest BCUT2D eigenvalue weighted by atomic mass is 9.99. The monoisotopic (exact) mass is 406 g/mol. The maximum Gasteiger partial charge on any atom is 0.243 e. The highest BCUT2D eigenvalue weighted by atomic mass is 35.5. The molecule has 0 radical (unpaired) electrons. The van der Waals surface area contributed by atoms with Crippen LogP contribution in [0.2, 0.25) is 5.02 Å². The predicted octanol–water partition coefficient (Wildman–Crippen LogP) is 1.11. The second-order valence-corrected chi connectivity index (χ2v) is 7.88. The molecule has 1 aromatic carbocycles. The molecule has 1 aromatic rings. The summed E-state index contributed by atoms with van der Waals surface area (Å²) >= 11 is 5.85. The summed E-state index contributed by atoms with van der Waals surface area (Å²) in [4.78, 5) is 12.1. The smallest absolute Gasteiger partial charge is 0.243 e. The summed E-state index contributed by atoms with van der Waals surface area (Å²) in [7, 11) is -3.78. The van der Waals surface area contributed by atoms with E-state index in [-0.39, 0.29) is 40.3 Å². The Kier molecular flexibility index (Phi) is 8.12. The maximum atomic E-state index is 12.8. The first-order valence-electron chi connectivity index (χ1n) is 7.57. The number of nitrogens with zero attached hydrogens (tertiary/aromatic N) is 2. The summed E-state index contributed by atoms with van der Waals surface area (Å²) in [5.74, 6) is -0.586. The topological polar surface area (TPSA) is 116 Å². The summed E-state index contributed by atoms with van der Waals surface area (Å²) in [5.41, 5.74) is 5.46. The van der Waals surface area contributed by atoms with Gasteiger partial charge in [-0.25, -0.2) is 8.42 Å². The fraction of sp³-hybridized carbons (Fsp3) is 0.467. The number of sulfonamides is 1. The number of hydrogen-bond acceptors (Lipinski definition) is 5. The van der Waals surface area contributed by atoms with Crippen molar-refractivity contribution in [3.05, 3.63) is 28.8 Å². The minimum absolute atomic E-state index is 0. The van der Waals surface area contributed by atoms with Gasteiger partial charge in [0, 0.05) is 26.2 Å². The molecule has 1 atom stereocenters. The van der Waals surface area contributed by atoms with Crippen molar-refractivity contribution in [1.82, 2.24) is 9.62 Å². The molecule has 138 valence electrons. The molecule has 1 saturated heterocycles. The molecule has 1 amide bonds. The van der Waals surface area contributed by atoms with E-state index in [2.05, 4.69) is 5.32 Å². The normalized spacial score (nSPS) is 18.0. The minimum Gasteiger partial charge on any atom is -0.355 e. The van der Waals surface area contributed by atoms with E-state index in [1.54, 1.807) is 0 Å². The molecule has 0 aliphatic carbocycles. The Bertz CT molecular complexity index is 765. The van der Waals surface area contributed by atoms with Crippen LogP contribution in [-0.2, 0) is 14.8 Å². The number of nitriles is 1.